The van der Waals surface area contributed by atoms with E-state index in [-0.39, 0.29) is 17.7 Å². The summed E-state index contributed by atoms with van der Waals surface area (Å²) in [5, 5.41) is 2.95. The molecule has 0 aliphatic heterocycles. The summed E-state index contributed by atoms with van der Waals surface area (Å²) in [6, 6.07) is 13.1. The Bertz CT molecular complexity index is 889. The summed E-state index contributed by atoms with van der Waals surface area (Å²) in [5.41, 5.74) is 6.75. The number of carbonyl (C=O) groups is 1. The third-order valence-electron chi connectivity index (χ3n) is 4.75. The highest BCUT2D eigenvalue weighted by Crippen LogP contribution is 2.27. The lowest BCUT2D eigenvalue weighted by atomic mass is 9.95. The molecule has 1 amide bonds. The first kappa shape index (κ1) is 18.9. The molecule has 3 rings (SSSR count). The number of aryl methyl sites for hydroxylation is 1. The minimum atomic E-state index is -0.146. The number of nitrogen functional groups attached to an aromatic ring is 1. The number of benzene rings is 2. The Labute approximate surface area is 158 Å². The molecule has 0 heterocycles. The van der Waals surface area contributed by atoms with E-state index in [2.05, 4.69) is 10.7 Å². The summed E-state index contributed by atoms with van der Waals surface area (Å²) in [6.07, 6.45) is 7.25. The smallest absolute Gasteiger partial charge is 0.255 e. The van der Waals surface area contributed by atoms with Crippen LogP contribution in [0.3, 0.4) is 0 Å². The van der Waals surface area contributed by atoms with Gasteiger partial charge in [-0.3, -0.25) is 10.6 Å². The van der Waals surface area contributed by atoms with Crippen LogP contribution in [0.4, 0.5) is 15.8 Å². The van der Waals surface area contributed by atoms with Crippen LogP contribution in [0.15, 0.2) is 66.5 Å². The number of halogens is 1. The van der Waals surface area contributed by atoms with E-state index in [4.69, 9.17) is 5.84 Å². The van der Waals surface area contributed by atoms with Crippen LogP contribution in [-0.2, 0) is 6.42 Å². The average Bonchev–Trinajstić information content (AvgIpc) is 2.86. The van der Waals surface area contributed by atoms with Gasteiger partial charge >= 0.3 is 0 Å². The molecule has 1 atom stereocenters. The average molecular weight is 365 g/mol. The van der Waals surface area contributed by atoms with Crippen molar-refractivity contribution in [2.75, 3.05) is 10.7 Å². The third-order valence-corrected chi connectivity index (χ3v) is 4.75. The first-order chi connectivity index (χ1) is 13.1. The largest absolute Gasteiger partial charge is 0.324 e. The minimum Gasteiger partial charge on any atom is -0.324 e. The van der Waals surface area contributed by atoms with Crippen molar-refractivity contribution < 1.29 is 9.18 Å². The van der Waals surface area contributed by atoms with Gasteiger partial charge in [-0.1, -0.05) is 36.4 Å². The van der Waals surface area contributed by atoms with Crippen molar-refractivity contribution in [1.82, 2.24) is 0 Å². The number of hydrogen-bond donors (Lipinski definition) is 3. The number of allylic oxidation sites excluding steroid dienone is 4. The van der Waals surface area contributed by atoms with Crippen LogP contribution in [0, 0.1) is 12.8 Å². The monoisotopic (exact) mass is 365 g/mol. The number of amides is 1. The zero-order chi connectivity index (χ0) is 19.2. The normalized spacial score (nSPS) is 16.4. The van der Waals surface area contributed by atoms with Gasteiger partial charge < -0.3 is 10.7 Å². The second-order valence-corrected chi connectivity index (χ2v) is 6.77. The standard InChI is InChI=1S/C22H24FN3O/c1-15-5-2-3-8-20(15)22(27)25-19-11-12-21(26-24)17(14-19)13-16-6-4-7-18(23)10-9-16/h2-6,8,10-12,14,16,26H,7,9,13,24H2,1H3,(H,25,27). The maximum Gasteiger partial charge on any atom is 0.255 e. The predicted molar refractivity (Wildman–Crippen MR) is 108 cm³/mol. The molecule has 4 nitrogen and oxygen atoms in total. The number of nitrogens with one attached hydrogen (secondary N) is 2. The van der Waals surface area contributed by atoms with E-state index in [0.29, 0.717) is 30.5 Å². The Morgan fingerprint density at radius 1 is 1.26 bits per heavy atom. The molecular formula is C22H24FN3O. The summed E-state index contributed by atoms with van der Waals surface area (Å²) < 4.78 is 13.4. The summed E-state index contributed by atoms with van der Waals surface area (Å²) in [4.78, 5) is 12.6. The molecule has 5 heteroatoms. The molecule has 0 radical (unpaired) electrons. The van der Waals surface area contributed by atoms with Crippen molar-refractivity contribution in [2.24, 2.45) is 11.8 Å². The number of carbonyl (C=O) groups excluding carboxylic acids is 1. The van der Waals surface area contributed by atoms with E-state index in [1.807, 2.05) is 55.5 Å². The fourth-order valence-corrected chi connectivity index (χ4v) is 3.26. The molecule has 1 aliphatic carbocycles. The lowest BCUT2D eigenvalue weighted by Gasteiger charge is -2.16. The Morgan fingerprint density at radius 3 is 2.85 bits per heavy atom. The molecule has 27 heavy (non-hydrogen) atoms. The van der Waals surface area contributed by atoms with E-state index in [1.165, 1.54) is 0 Å². The van der Waals surface area contributed by atoms with Gasteiger partial charge in [0.1, 0.15) is 0 Å². The van der Waals surface area contributed by atoms with Crippen molar-refractivity contribution in [3.8, 4) is 0 Å². The molecule has 0 bridgehead atoms. The molecule has 0 spiro atoms. The van der Waals surface area contributed by atoms with Crippen molar-refractivity contribution in [3.63, 3.8) is 0 Å². The highest BCUT2D eigenvalue weighted by molar-refractivity contribution is 6.05. The molecule has 1 aliphatic rings. The summed E-state index contributed by atoms with van der Waals surface area (Å²) in [6.45, 7) is 1.91. The second kappa shape index (κ2) is 8.64. The molecule has 2 aromatic rings. The Morgan fingerprint density at radius 2 is 2.07 bits per heavy atom. The molecular weight excluding hydrogens is 341 g/mol. The zero-order valence-electron chi connectivity index (χ0n) is 15.3. The van der Waals surface area contributed by atoms with Gasteiger partial charge in [-0.2, -0.15) is 0 Å². The van der Waals surface area contributed by atoms with Crippen LogP contribution in [0.25, 0.3) is 0 Å². The van der Waals surface area contributed by atoms with Crippen molar-refractivity contribution in [2.45, 2.75) is 26.2 Å². The molecule has 0 fully saturated rings. The topological polar surface area (TPSA) is 67.2 Å². The summed E-state index contributed by atoms with van der Waals surface area (Å²) in [7, 11) is 0. The molecule has 4 N–H and O–H groups in total. The van der Waals surface area contributed by atoms with Gasteiger partial charge in [0, 0.05) is 17.7 Å². The molecule has 0 saturated heterocycles. The SMILES string of the molecule is Cc1ccccc1C(=O)Nc1ccc(NN)c(CC2C=CCC(F)=CC2)c1. The lowest BCUT2D eigenvalue weighted by molar-refractivity contribution is 0.102. The second-order valence-electron chi connectivity index (χ2n) is 6.77. The first-order valence-electron chi connectivity index (χ1n) is 9.04. The van der Waals surface area contributed by atoms with Gasteiger partial charge in [-0.15, -0.1) is 0 Å². The molecule has 140 valence electrons. The van der Waals surface area contributed by atoms with E-state index in [9.17, 15) is 9.18 Å². The zero-order valence-corrected chi connectivity index (χ0v) is 15.3. The van der Waals surface area contributed by atoms with Crippen LogP contribution in [-0.4, -0.2) is 5.91 Å². The van der Waals surface area contributed by atoms with Crippen LogP contribution in [0.1, 0.15) is 34.3 Å². The van der Waals surface area contributed by atoms with Crippen LogP contribution < -0.4 is 16.6 Å². The van der Waals surface area contributed by atoms with Gasteiger partial charge in [-0.05, 0) is 61.1 Å². The van der Waals surface area contributed by atoms with Gasteiger partial charge in [0.25, 0.3) is 5.91 Å². The Kier molecular flexibility index (Phi) is 6.04. The van der Waals surface area contributed by atoms with Gasteiger partial charge in [-0.25, -0.2) is 4.39 Å². The van der Waals surface area contributed by atoms with Crippen LogP contribution >= 0.6 is 0 Å². The fraction of sp³-hybridized carbons (Fsp3) is 0.227. The van der Waals surface area contributed by atoms with Gasteiger partial charge in [0.2, 0.25) is 0 Å². The molecule has 1 unspecified atom stereocenters. The quantitative estimate of drug-likeness (QED) is 0.401. The van der Waals surface area contributed by atoms with E-state index >= 15 is 0 Å². The van der Waals surface area contributed by atoms with Crippen LogP contribution in [0.2, 0.25) is 0 Å². The number of nitrogens with two attached hydrogens (primary N) is 1. The number of anilines is 2. The predicted octanol–water partition coefficient (Wildman–Crippen LogP) is 4.90. The maximum absolute atomic E-state index is 13.4. The third kappa shape index (κ3) is 4.83. The first-order valence-corrected chi connectivity index (χ1v) is 9.04. The van der Waals surface area contributed by atoms with E-state index < -0.39 is 0 Å². The lowest BCUT2D eigenvalue weighted by Crippen LogP contribution is -2.15. The molecule has 2 aromatic carbocycles. The highest BCUT2D eigenvalue weighted by atomic mass is 19.1. The Hall–Kier alpha value is -2.92. The summed E-state index contributed by atoms with van der Waals surface area (Å²) in [5.74, 6) is 5.59. The number of hydrazine groups is 1. The van der Waals surface area contributed by atoms with E-state index in [1.54, 1.807) is 12.1 Å². The molecule has 0 aromatic heterocycles. The van der Waals surface area contributed by atoms with E-state index in [0.717, 1.165) is 16.8 Å². The van der Waals surface area contributed by atoms with Crippen LogP contribution in [0.5, 0.6) is 0 Å². The minimum absolute atomic E-state index is 0.0924. The van der Waals surface area contributed by atoms with Gasteiger partial charge in [0.15, 0.2) is 0 Å². The summed E-state index contributed by atoms with van der Waals surface area (Å²) >= 11 is 0. The highest BCUT2D eigenvalue weighted by Gasteiger charge is 2.14. The van der Waals surface area contributed by atoms with Gasteiger partial charge in [0.05, 0.1) is 11.5 Å². The molecule has 0 saturated carbocycles. The number of hydrogen-bond acceptors (Lipinski definition) is 3. The van der Waals surface area contributed by atoms with Crippen molar-refractivity contribution in [3.05, 3.63) is 83.2 Å². The number of rotatable bonds is 5. The fourth-order valence-electron chi connectivity index (χ4n) is 3.26. The maximum atomic E-state index is 13.4. The van der Waals surface area contributed by atoms with Crippen molar-refractivity contribution >= 4 is 17.3 Å². The van der Waals surface area contributed by atoms with Crippen molar-refractivity contribution in [1.29, 1.82) is 0 Å². The Balaban J connectivity index is 1.79.